The number of aliphatic hydroxyl groups excluding tert-OH is 2. The van der Waals surface area contributed by atoms with Crippen LogP contribution in [0.3, 0.4) is 0 Å². The van der Waals surface area contributed by atoms with Gasteiger partial charge >= 0.3 is 5.97 Å². The zero-order chi connectivity index (χ0) is 45.8. The van der Waals surface area contributed by atoms with E-state index in [0.29, 0.717) is 19.4 Å². The third-order valence-electron chi connectivity index (χ3n) is 13.0. The van der Waals surface area contributed by atoms with Crippen molar-refractivity contribution in [3.8, 4) is 0 Å². The first-order chi connectivity index (χ1) is 31.0. The van der Waals surface area contributed by atoms with Gasteiger partial charge in [-0.05, 0) is 64.2 Å². The number of hydrogen-bond donors (Lipinski definition) is 3. The summed E-state index contributed by atoms with van der Waals surface area (Å²) in [6.07, 6.45) is 63.4. The molecule has 0 aromatic heterocycles. The number of carbonyl (C=O) groups is 2. The third-order valence-corrected chi connectivity index (χ3v) is 13.0. The monoisotopic (exact) mass is 888 g/mol. The normalized spacial score (nSPS) is 12.8. The number of amides is 1. The van der Waals surface area contributed by atoms with Crippen molar-refractivity contribution in [3.63, 3.8) is 0 Å². The van der Waals surface area contributed by atoms with Gasteiger partial charge < -0.3 is 20.3 Å². The summed E-state index contributed by atoms with van der Waals surface area (Å²) in [6.45, 7) is 4.86. The standard InChI is InChI=1S/C57H109NO5/c1-3-5-7-9-11-13-15-17-19-20-21-22-24-26-31-35-39-43-47-51-57(62)63-52-48-44-40-36-32-28-27-30-34-38-42-46-50-56(61)58-54(53-59)55(60)49-45-41-37-33-29-25-23-18-16-14-12-10-8-6-4-2/h28,32,45,49,54-55,59-60H,3-27,29-31,33-44,46-48,50-53H2,1-2H3,(H,58,61)/b32-28-,49-45+. The minimum Gasteiger partial charge on any atom is -0.466 e. The van der Waals surface area contributed by atoms with Gasteiger partial charge in [0.2, 0.25) is 5.91 Å². The van der Waals surface area contributed by atoms with E-state index in [1.165, 1.54) is 199 Å². The molecule has 0 rings (SSSR count). The minimum atomic E-state index is -0.860. The summed E-state index contributed by atoms with van der Waals surface area (Å²) >= 11 is 0. The van der Waals surface area contributed by atoms with E-state index in [4.69, 9.17) is 4.74 Å². The molecule has 6 heteroatoms. The van der Waals surface area contributed by atoms with Gasteiger partial charge in [0.1, 0.15) is 0 Å². The molecule has 1 amide bonds. The van der Waals surface area contributed by atoms with Gasteiger partial charge in [0.25, 0.3) is 0 Å². The highest BCUT2D eigenvalue weighted by molar-refractivity contribution is 5.76. The molecule has 0 saturated carbocycles. The number of nitrogens with one attached hydrogen (secondary N) is 1. The van der Waals surface area contributed by atoms with Crippen molar-refractivity contribution >= 4 is 11.9 Å². The van der Waals surface area contributed by atoms with E-state index in [0.717, 1.165) is 77.0 Å². The average molecular weight is 889 g/mol. The summed E-state index contributed by atoms with van der Waals surface area (Å²) in [5.74, 6) is -0.112. The highest BCUT2D eigenvalue weighted by atomic mass is 16.5. The first kappa shape index (κ1) is 61.3. The first-order valence-electron chi connectivity index (χ1n) is 28.1. The van der Waals surface area contributed by atoms with Gasteiger partial charge in [0.05, 0.1) is 25.4 Å². The van der Waals surface area contributed by atoms with Crippen molar-refractivity contribution in [2.75, 3.05) is 13.2 Å². The first-order valence-corrected chi connectivity index (χ1v) is 28.1. The fourth-order valence-electron chi connectivity index (χ4n) is 8.63. The zero-order valence-corrected chi connectivity index (χ0v) is 42.3. The fourth-order valence-corrected chi connectivity index (χ4v) is 8.63. The van der Waals surface area contributed by atoms with Crippen molar-refractivity contribution in [2.24, 2.45) is 0 Å². The molecule has 0 radical (unpaired) electrons. The topological polar surface area (TPSA) is 95.9 Å². The van der Waals surface area contributed by atoms with Gasteiger partial charge in [0, 0.05) is 12.8 Å². The van der Waals surface area contributed by atoms with Crippen LogP contribution in [0.15, 0.2) is 24.3 Å². The molecule has 0 aromatic carbocycles. The predicted octanol–water partition coefficient (Wildman–Crippen LogP) is 17.1. The quantitative estimate of drug-likeness (QED) is 0.0321. The largest absolute Gasteiger partial charge is 0.466 e. The third kappa shape index (κ3) is 49.6. The second kappa shape index (κ2) is 53.0. The predicted molar refractivity (Wildman–Crippen MR) is 273 cm³/mol. The molecule has 3 N–H and O–H groups in total. The molecular weight excluding hydrogens is 779 g/mol. The average Bonchev–Trinajstić information content (AvgIpc) is 3.28. The molecule has 2 atom stereocenters. The van der Waals surface area contributed by atoms with Gasteiger partial charge in [-0.25, -0.2) is 0 Å². The van der Waals surface area contributed by atoms with Crippen molar-refractivity contribution < 1.29 is 24.5 Å². The summed E-state index contributed by atoms with van der Waals surface area (Å²) in [5.41, 5.74) is 0. The molecule has 0 spiro atoms. The summed E-state index contributed by atoms with van der Waals surface area (Å²) in [4.78, 5) is 24.5. The summed E-state index contributed by atoms with van der Waals surface area (Å²) in [7, 11) is 0. The maximum atomic E-state index is 12.4. The molecule has 0 aliphatic rings. The molecule has 0 aromatic rings. The number of ether oxygens (including phenoxy) is 1. The van der Waals surface area contributed by atoms with Gasteiger partial charge in [-0.2, -0.15) is 0 Å². The number of hydrogen-bond acceptors (Lipinski definition) is 5. The van der Waals surface area contributed by atoms with E-state index < -0.39 is 12.1 Å². The van der Waals surface area contributed by atoms with Crippen LogP contribution in [-0.2, 0) is 14.3 Å². The second-order valence-corrected chi connectivity index (χ2v) is 19.3. The molecule has 0 aliphatic carbocycles. The lowest BCUT2D eigenvalue weighted by Gasteiger charge is -2.20. The Bertz CT molecular complexity index is 982. The lowest BCUT2D eigenvalue weighted by Crippen LogP contribution is -2.45. The van der Waals surface area contributed by atoms with Crippen LogP contribution in [0.2, 0.25) is 0 Å². The Kier molecular flexibility index (Phi) is 51.6. The van der Waals surface area contributed by atoms with Crippen LogP contribution in [0.1, 0.15) is 303 Å². The van der Waals surface area contributed by atoms with Crippen LogP contribution in [0, 0.1) is 0 Å². The van der Waals surface area contributed by atoms with Gasteiger partial charge in [0.15, 0.2) is 0 Å². The van der Waals surface area contributed by atoms with Crippen molar-refractivity contribution in [3.05, 3.63) is 24.3 Å². The van der Waals surface area contributed by atoms with Crippen LogP contribution >= 0.6 is 0 Å². The Labute approximate surface area is 392 Å². The van der Waals surface area contributed by atoms with Crippen molar-refractivity contribution in [1.82, 2.24) is 5.32 Å². The van der Waals surface area contributed by atoms with E-state index >= 15 is 0 Å². The Hall–Kier alpha value is -1.66. The summed E-state index contributed by atoms with van der Waals surface area (Å²) < 4.78 is 5.47. The second-order valence-electron chi connectivity index (χ2n) is 19.3. The highest BCUT2D eigenvalue weighted by Gasteiger charge is 2.18. The smallest absolute Gasteiger partial charge is 0.305 e. The number of rotatable bonds is 52. The SMILES string of the molecule is CCCCCCCCCCCCCCC/C=C/C(O)C(CO)NC(=O)CCCCCCC/C=C\CCCCCOC(=O)CCCCCCCCCCCCCCCCCCCCC. The number of aliphatic hydroxyl groups is 2. The molecule has 0 fully saturated rings. The van der Waals surface area contributed by atoms with Crippen LogP contribution in [0.4, 0.5) is 0 Å². The maximum absolute atomic E-state index is 12.4. The Morgan fingerprint density at radius 1 is 0.429 bits per heavy atom. The number of carbonyl (C=O) groups excluding carboxylic acids is 2. The lowest BCUT2D eigenvalue weighted by atomic mass is 10.0. The van der Waals surface area contributed by atoms with Crippen LogP contribution in [-0.4, -0.2) is 47.4 Å². The molecule has 0 bridgehead atoms. The van der Waals surface area contributed by atoms with E-state index in [2.05, 4.69) is 31.3 Å². The maximum Gasteiger partial charge on any atom is 0.305 e. The summed E-state index contributed by atoms with van der Waals surface area (Å²) in [6, 6.07) is -0.646. The molecule has 0 heterocycles. The van der Waals surface area contributed by atoms with Crippen molar-refractivity contribution in [1.29, 1.82) is 0 Å². The molecule has 0 saturated heterocycles. The van der Waals surface area contributed by atoms with E-state index in [1.807, 2.05) is 6.08 Å². The molecule has 63 heavy (non-hydrogen) atoms. The molecule has 6 nitrogen and oxygen atoms in total. The number of unbranched alkanes of at least 4 members (excludes halogenated alkanes) is 39. The minimum absolute atomic E-state index is 0.0196. The zero-order valence-electron chi connectivity index (χ0n) is 42.3. The van der Waals surface area contributed by atoms with Crippen LogP contribution in [0.5, 0.6) is 0 Å². The molecule has 2 unspecified atom stereocenters. The highest BCUT2D eigenvalue weighted by Crippen LogP contribution is 2.17. The fraction of sp³-hybridized carbons (Fsp3) is 0.895. The number of esters is 1. The molecular formula is C57H109NO5. The lowest BCUT2D eigenvalue weighted by molar-refractivity contribution is -0.143. The Morgan fingerprint density at radius 3 is 1.13 bits per heavy atom. The van der Waals surface area contributed by atoms with E-state index in [-0.39, 0.29) is 18.5 Å². The molecule has 0 aliphatic heterocycles. The Balaban J connectivity index is 3.49. The number of allylic oxidation sites excluding steroid dienone is 3. The van der Waals surface area contributed by atoms with Crippen LogP contribution in [0.25, 0.3) is 0 Å². The van der Waals surface area contributed by atoms with E-state index in [9.17, 15) is 19.8 Å². The van der Waals surface area contributed by atoms with Crippen LogP contribution < -0.4 is 5.32 Å². The molecule has 372 valence electrons. The Morgan fingerprint density at radius 2 is 0.746 bits per heavy atom. The van der Waals surface area contributed by atoms with E-state index in [1.54, 1.807) is 6.08 Å². The van der Waals surface area contributed by atoms with Gasteiger partial charge in [-0.15, -0.1) is 0 Å². The van der Waals surface area contributed by atoms with Crippen molar-refractivity contribution in [2.45, 2.75) is 315 Å². The summed E-state index contributed by atoms with van der Waals surface area (Å²) in [5, 5.41) is 23.1. The van der Waals surface area contributed by atoms with Gasteiger partial charge in [-0.3, -0.25) is 9.59 Å². The van der Waals surface area contributed by atoms with Gasteiger partial charge in [-0.1, -0.05) is 250 Å².